The minimum Gasteiger partial charge on any atom is -0.480 e. The van der Waals surface area contributed by atoms with Crippen molar-refractivity contribution in [2.75, 3.05) is 19.8 Å². The predicted octanol–water partition coefficient (Wildman–Crippen LogP) is -1.10. The molecule has 0 saturated carbocycles. The van der Waals surface area contributed by atoms with Crippen LogP contribution in [0.4, 0.5) is 13.6 Å². The van der Waals surface area contributed by atoms with Crippen LogP contribution in [0.3, 0.4) is 0 Å². The number of aliphatic carboxylic acids is 1. The van der Waals surface area contributed by atoms with Crippen molar-refractivity contribution in [1.29, 1.82) is 0 Å². The van der Waals surface area contributed by atoms with Crippen molar-refractivity contribution in [1.82, 2.24) is 10.6 Å². The van der Waals surface area contributed by atoms with E-state index in [0.29, 0.717) is 0 Å². The van der Waals surface area contributed by atoms with Crippen LogP contribution in [0.15, 0.2) is 0 Å². The Hall–Kier alpha value is -1.97. The molecule has 19 heavy (non-hydrogen) atoms. The molecule has 0 fully saturated rings. The van der Waals surface area contributed by atoms with Crippen LogP contribution in [0, 0.1) is 0 Å². The van der Waals surface area contributed by atoms with Crippen molar-refractivity contribution in [2.24, 2.45) is 5.73 Å². The molecule has 8 nitrogen and oxygen atoms in total. The topological polar surface area (TPSA) is 131 Å². The van der Waals surface area contributed by atoms with Gasteiger partial charge in [0.15, 0.2) is 0 Å². The molecule has 3 amide bonds. The highest BCUT2D eigenvalue weighted by atomic mass is 19.3. The molecule has 10 heteroatoms. The number of carboxylic acids is 1. The summed E-state index contributed by atoms with van der Waals surface area (Å²) in [6.45, 7) is -0.977. The molecule has 0 heterocycles. The average Bonchev–Trinajstić information content (AvgIpc) is 2.26. The summed E-state index contributed by atoms with van der Waals surface area (Å²) in [5, 5.41) is 12.9. The van der Waals surface area contributed by atoms with E-state index < -0.39 is 43.4 Å². The zero-order valence-corrected chi connectivity index (χ0v) is 9.90. The fraction of sp³-hybridized carbons (Fsp3) is 0.667. The number of carbonyl (C=O) groups is 3. The molecule has 0 aromatic heterocycles. The minimum atomic E-state index is -2.60. The Morgan fingerprint density at radius 1 is 1.32 bits per heavy atom. The summed E-state index contributed by atoms with van der Waals surface area (Å²) < 4.78 is 27.8. The van der Waals surface area contributed by atoms with Gasteiger partial charge in [-0.05, 0) is 0 Å². The van der Waals surface area contributed by atoms with Gasteiger partial charge in [0.1, 0.15) is 12.6 Å². The lowest BCUT2D eigenvalue weighted by Crippen LogP contribution is -2.48. The molecule has 110 valence electrons. The van der Waals surface area contributed by atoms with E-state index in [2.05, 4.69) is 10.1 Å². The molecular formula is C9H15F2N3O5. The molecule has 0 aromatic carbocycles. The van der Waals surface area contributed by atoms with Crippen LogP contribution < -0.4 is 16.4 Å². The second-order valence-electron chi connectivity index (χ2n) is 3.43. The fourth-order valence-electron chi connectivity index (χ4n) is 1.02. The summed E-state index contributed by atoms with van der Waals surface area (Å²) in [5.74, 6) is -2.30. The molecule has 0 bridgehead atoms. The van der Waals surface area contributed by atoms with Gasteiger partial charge in [-0.25, -0.2) is 18.4 Å². The lowest BCUT2D eigenvalue weighted by Gasteiger charge is -2.13. The van der Waals surface area contributed by atoms with Crippen molar-refractivity contribution in [3.8, 4) is 0 Å². The van der Waals surface area contributed by atoms with Crippen molar-refractivity contribution >= 4 is 17.9 Å². The van der Waals surface area contributed by atoms with E-state index in [0.717, 1.165) is 0 Å². The number of rotatable bonds is 9. The monoisotopic (exact) mass is 283 g/mol. The van der Waals surface area contributed by atoms with Gasteiger partial charge in [-0.1, -0.05) is 0 Å². The summed E-state index contributed by atoms with van der Waals surface area (Å²) in [6, 6.07) is -2.31. The van der Waals surface area contributed by atoms with Crippen molar-refractivity contribution < 1.29 is 33.0 Å². The maximum atomic E-state index is 11.7. The largest absolute Gasteiger partial charge is 0.480 e. The summed E-state index contributed by atoms with van der Waals surface area (Å²) >= 11 is 0. The van der Waals surface area contributed by atoms with E-state index in [9.17, 15) is 23.2 Å². The molecule has 0 saturated heterocycles. The van der Waals surface area contributed by atoms with E-state index in [1.54, 1.807) is 0 Å². The lowest BCUT2D eigenvalue weighted by molar-refractivity contribution is -0.140. The first kappa shape index (κ1) is 17.0. The van der Waals surface area contributed by atoms with Gasteiger partial charge in [-0.15, -0.1) is 0 Å². The number of amides is 3. The van der Waals surface area contributed by atoms with Crippen molar-refractivity contribution in [3.63, 3.8) is 0 Å². The van der Waals surface area contributed by atoms with Crippen molar-refractivity contribution in [2.45, 2.75) is 18.9 Å². The fourth-order valence-corrected chi connectivity index (χ4v) is 1.02. The maximum Gasteiger partial charge on any atom is 0.326 e. The first-order valence-electron chi connectivity index (χ1n) is 5.24. The molecular weight excluding hydrogens is 268 g/mol. The quantitative estimate of drug-likeness (QED) is 0.399. The Kier molecular flexibility index (Phi) is 8.09. The summed E-state index contributed by atoms with van der Waals surface area (Å²) in [5.41, 5.74) is 4.81. The number of alkyl halides is 2. The highest BCUT2D eigenvalue weighted by Crippen LogP contribution is 1.92. The van der Waals surface area contributed by atoms with Gasteiger partial charge in [-0.3, -0.25) is 4.79 Å². The van der Waals surface area contributed by atoms with Crippen LogP contribution in [0.5, 0.6) is 0 Å². The minimum absolute atomic E-state index is 0.0819. The summed E-state index contributed by atoms with van der Waals surface area (Å²) in [7, 11) is 0. The molecule has 1 atom stereocenters. The van der Waals surface area contributed by atoms with Crippen LogP contribution >= 0.6 is 0 Å². The standard InChI is InChI=1S/C9H15F2N3O5/c10-6(11)4-19-2-1-13-9(18)14-5(8(16)17)3-7(12)15/h5-6H,1-4H2,(H2,12,15)(H,16,17)(H2,13,14,18). The normalized spacial score (nSPS) is 11.9. The highest BCUT2D eigenvalue weighted by Gasteiger charge is 2.21. The number of halogens is 2. The van der Waals surface area contributed by atoms with Crippen LogP contribution in [0.2, 0.25) is 0 Å². The number of hydrogen-bond acceptors (Lipinski definition) is 4. The number of carboxylic acid groups (broad SMARTS) is 1. The molecule has 0 aromatic rings. The van der Waals surface area contributed by atoms with Gasteiger partial charge in [-0.2, -0.15) is 0 Å². The third-order valence-electron chi connectivity index (χ3n) is 1.78. The molecule has 0 aliphatic heterocycles. The third-order valence-corrected chi connectivity index (χ3v) is 1.78. The first-order chi connectivity index (χ1) is 8.82. The van der Waals surface area contributed by atoms with E-state index in [-0.39, 0.29) is 13.2 Å². The first-order valence-corrected chi connectivity index (χ1v) is 5.24. The van der Waals surface area contributed by atoms with Gasteiger partial charge >= 0.3 is 12.0 Å². The molecule has 5 N–H and O–H groups in total. The van der Waals surface area contributed by atoms with Gasteiger partial charge in [0.05, 0.1) is 13.0 Å². The molecule has 0 spiro atoms. The van der Waals surface area contributed by atoms with E-state index >= 15 is 0 Å². The predicted molar refractivity (Wildman–Crippen MR) is 58.6 cm³/mol. The summed E-state index contributed by atoms with van der Waals surface area (Å²) in [4.78, 5) is 32.4. The van der Waals surface area contributed by atoms with Crippen LogP contribution in [0.1, 0.15) is 6.42 Å². The highest BCUT2D eigenvalue weighted by molar-refractivity contribution is 5.87. The van der Waals surface area contributed by atoms with Crippen LogP contribution in [-0.4, -0.2) is 55.2 Å². The zero-order chi connectivity index (χ0) is 14.8. The summed E-state index contributed by atoms with van der Waals surface area (Å²) in [6.07, 6.45) is -3.15. The number of nitrogens with two attached hydrogens (primary N) is 1. The van der Waals surface area contributed by atoms with Gasteiger partial charge in [0.2, 0.25) is 5.91 Å². The van der Waals surface area contributed by atoms with Crippen LogP contribution in [0.25, 0.3) is 0 Å². The Labute approximate surface area is 107 Å². The smallest absolute Gasteiger partial charge is 0.326 e. The third kappa shape index (κ3) is 9.71. The number of ether oxygens (including phenoxy) is 1. The SMILES string of the molecule is NC(=O)CC(NC(=O)NCCOCC(F)F)C(=O)O. The van der Waals surface area contributed by atoms with E-state index in [4.69, 9.17) is 10.8 Å². The Morgan fingerprint density at radius 2 is 1.95 bits per heavy atom. The number of primary amides is 1. The Morgan fingerprint density at radius 3 is 2.42 bits per heavy atom. The molecule has 0 aliphatic rings. The van der Waals surface area contributed by atoms with Crippen LogP contribution in [-0.2, 0) is 14.3 Å². The Balaban J connectivity index is 3.87. The van der Waals surface area contributed by atoms with Crippen molar-refractivity contribution in [3.05, 3.63) is 0 Å². The van der Waals surface area contributed by atoms with Gasteiger partial charge in [0.25, 0.3) is 6.43 Å². The van der Waals surface area contributed by atoms with E-state index in [1.807, 2.05) is 5.32 Å². The second-order valence-corrected chi connectivity index (χ2v) is 3.43. The number of carbonyl (C=O) groups excluding carboxylic acids is 2. The van der Waals surface area contributed by atoms with E-state index in [1.165, 1.54) is 0 Å². The second kappa shape index (κ2) is 9.03. The van der Waals surface area contributed by atoms with Gasteiger partial charge < -0.3 is 26.2 Å². The lowest BCUT2D eigenvalue weighted by atomic mass is 10.2. The molecule has 0 aliphatic carbocycles. The number of urea groups is 1. The number of nitrogens with one attached hydrogen (secondary N) is 2. The molecule has 0 rings (SSSR count). The van der Waals surface area contributed by atoms with Gasteiger partial charge in [0, 0.05) is 6.54 Å². The molecule has 1 unspecified atom stereocenters. The molecule has 0 radical (unpaired) electrons. The average molecular weight is 283 g/mol. The Bertz CT molecular complexity index is 327. The number of hydrogen-bond donors (Lipinski definition) is 4. The zero-order valence-electron chi connectivity index (χ0n) is 9.90. The maximum absolute atomic E-state index is 11.7.